The second-order valence-corrected chi connectivity index (χ2v) is 7.99. The number of aromatic nitrogens is 1. The van der Waals surface area contributed by atoms with E-state index in [1.54, 1.807) is 12.1 Å². The molecule has 0 N–H and O–H groups in total. The normalized spacial score (nSPS) is 11.7. The molecule has 0 aliphatic rings. The first-order chi connectivity index (χ1) is 12.4. The van der Waals surface area contributed by atoms with E-state index < -0.39 is 10.0 Å². The molecule has 0 fully saturated rings. The third kappa shape index (κ3) is 3.79. The monoisotopic (exact) mass is 372 g/mol. The fourth-order valence-electron chi connectivity index (χ4n) is 2.45. The number of nitrogens with zero attached hydrogens (tertiary/aromatic N) is 2. The van der Waals surface area contributed by atoms with Crippen LogP contribution in [-0.2, 0) is 16.6 Å². The molecule has 0 saturated carbocycles. The number of methoxy groups -OCH3 is 1. The molecule has 0 aliphatic heterocycles. The molecule has 26 heavy (non-hydrogen) atoms. The number of oxazole rings is 1. The van der Waals surface area contributed by atoms with Gasteiger partial charge in [-0.05, 0) is 43.3 Å². The number of hydrogen-bond donors (Lipinski definition) is 0. The van der Waals surface area contributed by atoms with Gasteiger partial charge in [0.15, 0.2) is 0 Å². The SMILES string of the molecule is COc1ccc(S(=O)(=O)N(C)Cc2coc(-c3ccc(C)cc3)n2)cc1. The fraction of sp³-hybridized carbons (Fsp3) is 0.211. The van der Waals surface area contributed by atoms with Gasteiger partial charge in [-0.1, -0.05) is 17.7 Å². The highest BCUT2D eigenvalue weighted by molar-refractivity contribution is 7.89. The Morgan fingerprint density at radius 1 is 1.08 bits per heavy atom. The molecule has 3 aromatic rings. The lowest BCUT2D eigenvalue weighted by atomic mass is 10.1. The number of benzene rings is 2. The molecule has 0 atom stereocenters. The second-order valence-electron chi connectivity index (χ2n) is 5.95. The maximum atomic E-state index is 12.7. The molecule has 0 radical (unpaired) electrons. The van der Waals surface area contributed by atoms with Crippen LogP contribution in [0.15, 0.2) is 64.1 Å². The topological polar surface area (TPSA) is 72.6 Å². The third-order valence-corrected chi connectivity index (χ3v) is 5.82. The quantitative estimate of drug-likeness (QED) is 0.662. The van der Waals surface area contributed by atoms with Crippen molar-refractivity contribution in [3.63, 3.8) is 0 Å². The molecule has 0 saturated heterocycles. The molecule has 2 aromatic carbocycles. The summed E-state index contributed by atoms with van der Waals surface area (Å²) in [4.78, 5) is 4.59. The molecule has 0 spiro atoms. The molecular formula is C19H20N2O4S. The first-order valence-corrected chi connectivity index (χ1v) is 9.46. The van der Waals surface area contributed by atoms with E-state index in [4.69, 9.17) is 9.15 Å². The Kier molecular flexibility index (Phi) is 5.11. The molecule has 1 heterocycles. The molecule has 0 bridgehead atoms. The standard InChI is InChI=1S/C19H20N2O4S/c1-14-4-6-15(7-5-14)19-20-16(13-25-19)12-21(2)26(22,23)18-10-8-17(24-3)9-11-18/h4-11,13H,12H2,1-3H3. The van der Waals surface area contributed by atoms with Gasteiger partial charge in [-0.2, -0.15) is 4.31 Å². The van der Waals surface area contributed by atoms with Gasteiger partial charge in [0.2, 0.25) is 15.9 Å². The molecule has 3 rings (SSSR count). The number of ether oxygens (including phenoxy) is 1. The van der Waals surface area contributed by atoms with Crippen molar-refractivity contribution in [1.29, 1.82) is 0 Å². The smallest absolute Gasteiger partial charge is 0.243 e. The Hall–Kier alpha value is -2.64. The van der Waals surface area contributed by atoms with Gasteiger partial charge in [-0.25, -0.2) is 13.4 Å². The minimum absolute atomic E-state index is 0.115. The number of aryl methyl sites for hydroxylation is 1. The molecule has 1 aromatic heterocycles. The minimum Gasteiger partial charge on any atom is -0.497 e. The van der Waals surface area contributed by atoms with Crippen molar-refractivity contribution in [1.82, 2.24) is 9.29 Å². The van der Waals surface area contributed by atoms with Gasteiger partial charge in [-0.15, -0.1) is 0 Å². The van der Waals surface area contributed by atoms with E-state index >= 15 is 0 Å². The maximum Gasteiger partial charge on any atom is 0.243 e. The second kappa shape index (κ2) is 7.31. The summed E-state index contributed by atoms with van der Waals surface area (Å²) >= 11 is 0. The number of hydrogen-bond acceptors (Lipinski definition) is 5. The van der Waals surface area contributed by atoms with Crippen molar-refractivity contribution in [3.05, 3.63) is 66.1 Å². The highest BCUT2D eigenvalue weighted by atomic mass is 32.2. The van der Waals surface area contributed by atoms with Gasteiger partial charge in [0.1, 0.15) is 12.0 Å². The van der Waals surface area contributed by atoms with Crippen molar-refractivity contribution in [2.45, 2.75) is 18.4 Å². The zero-order chi connectivity index (χ0) is 18.7. The van der Waals surface area contributed by atoms with E-state index in [9.17, 15) is 8.42 Å². The van der Waals surface area contributed by atoms with E-state index in [-0.39, 0.29) is 11.4 Å². The lowest BCUT2D eigenvalue weighted by molar-refractivity contribution is 0.414. The zero-order valence-corrected chi connectivity index (χ0v) is 15.7. The summed E-state index contributed by atoms with van der Waals surface area (Å²) in [6, 6.07) is 14.1. The van der Waals surface area contributed by atoms with Gasteiger partial charge in [-0.3, -0.25) is 0 Å². The van der Waals surface area contributed by atoms with Crippen molar-refractivity contribution in [2.75, 3.05) is 14.2 Å². The predicted octanol–water partition coefficient (Wildman–Crippen LogP) is 3.48. The summed E-state index contributed by atoms with van der Waals surface area (Å²) in [7, 11) is -0.580. The van der Waals surface area contributed by atoms with Gasteiger partial charge in [0.25, 0.3) is 0 Å². The van der Waals surface area contributed by atoms with Crippen molar-refractivity contribution < 1.29 is 17.6 Å². The van der Waals surface area contributed by atoms with Gasteiger partial charge < -0.3 is 9.15 Å². The Morgan fingerprint density at radius 2 is 1.73 bits per heavy atom. The largest absolute Gasteiger partial charge is 0.497 e. The molecule has 0 unspecified atom stereocenters. The van der Waals surface area contributed by atoms with Gasteiger partial charge in [0, 0.05) is 12.6 Å². The van der Waals surface area contributed by atoms with Crippen LogP contribution >= 0.6 is 0 Å². The summed E-state index contributed by atoms with van der Waals surface area (Å²) in [5.41, 5.74) is 2.54. The molecule has 7 heteroatoms. The molecule has 6 nitrogen and oxygen atoms in total. The first kappa shape index (κ1) is 18.2. The minimum atomic E-state index is -3.63. The lowest BCUT2D eigenvalue weighted by Gasteiger charge is -2.16. The van der Waals surface area contributed by atoms with Gasteiger partial charge in [0.05, 0.1) is 24.2 Å². The first-order valence-electron chi connectivity index (χ1n) is 8.02. The highest BCUT2D eigenvalue weighted by Crippen LogP contribution is 2.22. The van der Waals surface area contributed by atoms with Crippen LogP contribution in [0.2, 0.25) is 0 Å². The van der Waals surface area contributed by atoms with Crippen LogP contribution in [0.4, 0.5) is 0 Å². The van der Waals surface area contributed by atoms with E-state index in [0.29, 0.717) is 17.3 Å². The molecule has 136 valence electrons. The van der Waals surface area contributed by atoms with E-state index in [1.807, 2.05) is 31.2 Å². The summed E-state index contributed by atoms with van der Waals surface area (Å²) < 4.78 is 37.1. The Labute approximate surface area is 153 Å². The molecular weight excluding hydrogens is 352 g/mol. The van der Waals surface area contributed by atoms with Crippen molar-refractivity contribution >= 4 is 10.0 Å². The summed E-state index contributed by atoms with van der Waals surface area (Å²) in [6.45, 7) is 2.12. The van der Waals surface area contributed by atoms with Crippen LogP contribution < -0.4 is 4.74 Å². The fourth-order valence-corrected chi connectivity index (χ4v) is 3.59. The average molecular weight is 372 g/mol. The third-order valence-electron chi connectivity index (χ3n) is 4.00. The van der Waals surface area contributed by atoms with Crippen molar-refractivity contribution in [3.8, 4) is 17.2 Å². The Morgan fingerprint density at radius 3 is 2.35 bits per heavy atom. The Bertz CT molecular complexity index is 977. The van der Waals surface area contributed by atoms with Crippen LogP contribution in [0.3, 0.4) is 0 Å². The zero-order valence-electron chi connectivity index (χ0n) is 14.8. The van der Waals surface area contributed by atoms with Crippen LogP contribution in [-0.4, -0.2) is 31.9 Å². The van der Waals surface area contributed by atoms with Crippen molar-refractivity contribution in [2.24, 2.45) is 0 Å². The Balaban J connectivity index is 1.76. The van der Waals surface area contributed by atoms with E-state index in [1.165, 1.54) is 36.9 Å². The number of sulfonamides is 1. The van der Waals surface area contributed by atoms with Crippen LogP contribution in [0, 0.1) is 6.92 Å². The van der Waals surface area contributed by atoms with Gasteiger partial charge >= 0.3 is 0 Å². The molecule has 0 amide bonds. The maximum absolute atomic E-state index is 12.7. The average Bonchev–Trinajstić information content (AvgIpc) is 3.10. The summed E-state index contributed by atoms with van der Waals surface area (Å²) in [6.07, 6.45) is 1.48. The van der Waals surface area contributed by atoms with Crippen LogP contribution in [0.5, 0.6) is 5.75 Å². The lowest BCUT2D eigenvalue weighted by Crippen LogP contribution is -2.26. The highest BCUT2D eigenvalue weighted by Gasteiger charge is 2.22. The van der Waals surface area contributed by atoms with Crippen LogP contribution in [0.1, 0.15) is 11.3 Å². The predicted molar refractivity (Wildman–Crippen MR) is 98.3 cm³/mol. The van der Waals surface area contributed by atoms with Crippen LogP contribution in [0.25, 0.3) is 11.5 Å². The molecule has 0 aliphatic carbocycles. The number of rotatable bonds is 6. The van der Waals surface area contributed by atoms with E-state index in [0.717, 1.165) is 11.1 Å². The summed E-state index contributed by atoms with van der Waals surface area (Å²) in [5, 5.41) is 0. The summed E-state index contributed by atoms with van der Waals surface area (Å²) in [5.74, 6) is 1.07. The van der Waals surface area contributed by atoms with E-state index in [2.05, 4.69) is 4.98 Å².